The van der Waals surface area contributed by atoms with Crippen molar-refractivity contribution in [3.05, 3.63) is 0 Å². The van der Waals surface area contributed by atoms with E-state index in [1.165, 1.54) is 109 Å². The first-order valence-corrected chi connectivity index (χ1v) is 10.9. The van der Waals surface area contributed by atoms with Crippen molar-refractivity contribution in [2.24, 2.45) is 0 Å². The Hall–Kier alpha value is -0.0400. The number of unbranched alkanes of at least 4 members (excludes halogenated alkanes) is 14. The standard InChI is InChI=1S/C22H46O/c1-4-6-8-10-11-12-13-14-15-17-19-21-23-22(3)20-18-16-9-7-5-2/h22H,4-21H2,1-3H3. The molecular weight excluding hydrogens is 280 g/mol. The van der Waals surface area contributed by atoms with Gasteiger partial charge in [-0.05, 0) is 19.8 Å². The molecule has 1 heteroatoms. The second-order valence-electron chi connectivity index (χ2n) is 7.42. The predicted octanol–water partition coefficient (Wildman–Crippen LogP) is 8.06. The van der Waals surface area contributed by atoms with Crippen molar-refractivity contribution in [1.29, 1.82) is 0 Å². The lowest BCUT2D eigenvalue weighted by atomic mass is 10.1. The fraction of sp³-hybridized carbons (Fsp3) is 1.00. The van der Waals surface area contributed by atoms with Crippen molar-refractivity contribution in [3.63, 3.8) is 0 Å². The highest BCUT2D eigenvalue weighted by Gasteiger charge is 2.01. The van der Waals surface area contributed by atoms with E-state index in [1.54, 1.807) is 0 Å². The van der Waals surface area contributed by atoms with Gasteiger partial charge in [0.15, 0.2) is 0 Å². The Morgan fingerprint density at radius 1 is 0.522 bits per heavy atom. The van der Waals surface area contributed by atoms with Gasteiger partial charge >= 0.3 is 0 Å². The summed E-state index contributed by atoms with van der Waals surface area (Å²) in [6, 6.07) is 0. The Bertz CT molecular complexity index is 202. The summed E-state index contributed by atoms with van der Waals surface area (Å²) in [6.45, 7) is 7.79. The Labute approximate surface area is 148 Å². The lowest BCUT2D eigenvalue weighted by molar-refractivity contribution is 0.0557. The van der Waals surface area contributed by atoms with Gasteiger partial charge in [-0.2, -0.15) is 0 Å². The highest BCUT2D eigenvalue weighted by atomic mass is 16.5. The molecule has 0 aromatic rings. The maximum Gasteiger partial charge on any atom is 0.0547 e. The molecule has 0 N–H and O–H groups in total. The number of hydrogen-bond acceptors (Lipinski definition) is 1. The fourth-order valence-electron chi connectivity index (χ4n) is 3.17. The molecule has 0 aliphatic heterocycles. The SMILES string of the molecule is CCCCCCCCCCCCCOC(C)CCCCCCC. The first kappa shape index (κ1) is 23.0. The van der Waals surface area contributed by atoms with Crippen molar-refractivity contribution in [2.45, 2.75) is 136 Å². The van der Waals surface area contributed by atoms with Crippen molar-refractivity contribution in [1.82, 2.24) is 0 Å². The summed E-state index contributed by atoms with van der Waals surface area (Å²) in [7, 11) is 0. The van der Waals surface area contributed by atoms with Gasteiger partial charge in [0.05, 0.1) is 6.10 Å². The van der Waals surface area contributed by atoms with Crippen LogP contribution >= 0.6 is 0 Å². The molecule has 0 bridgehead atoms. The second kappa shape index (κ2) is 20.0. The lowest BCUT2D eigenvalue weighted by Crippen LogP contribution is -2.09. The first-order valence-electron chi connectivity index (χ1n) is 10.9. The van der Waals surface area contributed by atoms with E-state index in [4.69, 9.17) is 4.74 Å². The fourth-order valence-corrected chi connectivity index (χ4v) is 3.17. The molecule has 23 heavy (non-hydrogen) atoms. The Balaban J connectivity index is 3.08. The molecule has 0 aromatic heterocycles. The predicted molar refractivity (Wildman–Crippen MR) is 105 cm³/mol. The Morgan fingerprint density at radius 3 is 1.39 bits per heavy atom. The van der Waals surface area contributed by atoms with E-state index in [1.807, 2.05) is 0 Å². The number of hydrogen-bond donors (Lipinski definition) is 0. The molecule has 1 unspecified atom stereocenters. The summed E-state index contributed by atoms with van der Waals surface area (Å²) in [4.78, 5) is 0. The van der Waals surface area contributed by atoms with E-state index < -0.39 is 0 Å². The van der Waals surface area contributed by atoms with Crippen LogP contribution < -0.4 is 0 Å². The van der Waals surface area contributed by atoms with Crippen LogP contribution in [0.5, 0.6) is 0 Å². The molecule has 0 rings (SSSR count). The van der Waals surface area contributed by atoms with Gasteiger partial charge in [0.2, 0.25) is 0 Å². The molecule has 0 saturated carbocycles. The third-order valence-corrected chi connectivity index (χ3v) is 4.86. The minimum absolute atomic E-state index is 0.472. The highest BCUT2D eigenvalue weighted by Crippen LogP contribution is 2.12. The van der Waals surface area contributed by atoms with Gasteiger partial charge in [0.25, 0.3) is 0 Å². The Morgan fingerprint density at radius 2 is 0.913 bits per heavy atom. The van der Waals surface area contributed by atoms with E-state index >= 15 is 0 Å². The van der Waals surface area contributed by atoms with Gasteiger partial charge in [0.1, 0.15) is 0 Å². The van der Waals surface area contributed by atoms with Crippen molar-refractivity contribution >= 4 is 0 Å². The monoisotopic (exact) mass is 326 g/mol. The van der Waals surface area contributed by atoms with Gasteiger partial charge < -0.3 is 4.74 Å². The summed E-state index contributed by atoms with van der Waals surface area (Å²) in [5.41, 5.74) is 0. The van der Waals surface area contributed by atoms with Crippen molar-refractivity contribution < 1.29 is 4.74 Å². The largest absolute Gasteiger partial charge is 0.379 e. The van der Waals surface area contributed by atoms with Crippen molar-refractivity contribution in [3.8, 4) is 0 Å². The smallest absolute Gasteiger partial charge is 0.0547 e. The number of rotatable bonds is 19. The maximum atomic E-state index is 5.93. The van der Waals surface area contributed by atoms with Gasteiger partial charge in [-0.25, -0.2) is 0 Å². The van der Waals surface area contributed by atoms with Gasteiger partial charge in [-0.3, -0.25) is 0 Å². The quantitative estimate of drug-likeness (QED) is 0.218. The lowest BCUT2D eigenvalue weighted by Gasteiger charge is -2.12. The first-order chi connectivity index (χ1) is 11.3. The van der Waals surface area contributed by atoms with Crippen LogP contribution in [0.3, 0.4) is 0 Å². The van der Waals surface area contributed by atoms with E-state index in [2.05, 4.69) is 20.8 Å². The van der Waals surface area contributed by atoms with E-state index in [0.717, 1.165) is 6.61 Å². The number of ether oxygens (including phenoxy) is 1. The topological polar surface area (TPSA) is 9.23 Å². The molecule has 0 heterocycles. The van der Waals surface area contributed by atoms with Crippen LogP contribution in [0, 0.1) is 0 Å². The third kappa shape index (κ3) is 19.9. The molecule has 0 saturated heterocycles. The molecule has 0 aliphatic carbocycles. The van der Waals surface area contributed by atoms with Crippen LogP contribution in [0.2, 0.25) is 0 Å². The van der Waals surface area contributed by atoms with Crippen LogP contribution in [0.1, 0.15) is 130 Å². The summed E-state index contributed by atoms with van der Waals surface area (Å²) in [5, 5.41) is 0. The molecule has 0 aromatic carbocycles. The summed E-state index contributed by atoms with van der Waals surface area (Å²) in [6.07, 6.45) is 24.1. The van der Waals surface area contributed by atoms with Gasteiger partial charge in [-0.15, -0.1) is 0 Å². The molecule has 1 nitrogen and oxygen atoms in total. The zero-order valence-electron chi connectivity index (χ0n) is 16.7. The van der Waals surface area contributed by atoms with Crippen LogP contribution in [0.25, 0.3) is 0 Å². The molecule has 0 aliphatic rings. The van der Waals surface area contributed by atoms with Crippen LogP contribution in [-0.2, 0) is 4.74 Å². The van der Waals surface area contributed by atoms with Crippen LogP contribution in [-0.4, -0.2) is 12.7 Å². The molecule has 0 fully saturated rings. The van der Waals surface area contributed by atoms with Gasteiger partial charge in [-0.1, -0.05) is 110 Å². The van der Waals surface area contributed by atoms with Crippen LogP contribution in [0.15, 0.2) is 0 Å². The van der Waals surface area contributed by atoms with E-state index in [-0.39, 0.29) is 0 Å². The van der Waals surface area contributed by atoms with E-state index in [0.29, 0.717) is 6.10 Å². The van der Waals surface area contributed by atoms with Crippen molar-refractivity contribution in [2.75, 3.05) is 6.61 Å². The molecule has 0 spiro atoms. The average Bonchev–Trinajstić information content (AvgIpc) is 2.55. The minimum atomic E-state index is 0.472. The van der Waals surface area contributed by atoms with Gasteiger partial charge in [0, 0.05) is 6.61 Å². The normalized spacial score (nSPS) is 12.7. The molecule has 1 atom stereocenters. The Kier molecular flexibility index (Phi) is 20.0. The zero-order valence-corrected chi connectivity index (χ0v) is 16.7. The maximum absolute atomic E-state index is 5.93. The summed E-state index contributed by atoms with van der Waals surface area (Å²) >= 11 is 0. The zero-order chi connectivity index (χ0) is 17.0. The molecule has 0 radical (unpaired) electrons. The van der Waals surface area contributed by atoms with Crippen LogP contribution in [0.4, 0.5) is 0 Å². The molecule has 140 valence electrons. The summed E-state index contributed by atoms with van der Waals surface area (Å²) < 4.78 is 5.93. The molecule has 0 amide bonds. The summed E-state index contributed by atoms with van der Waals surface area (Å²) in [5.74, 6) is 0. The minimum Gasteiger partial charge on any atom is -0.379 e. The third-order valence-electron chi connectivity index (χ3n) is 4.86. The molecular formula is C22H46O. The average molecular weight is 327 g/mol. The highest BCUT2D eigenvalue weighted by molar-refractivity contribution is 4.53. The second-order valence-corrected chi connectivity index (χ2v) is 7.42. The van der Waals surface area contributed by atoms with E-state index in [9.17, 15) is 0 Å².